The zero-order valence-corrected chi connectivity index (χ0v) is 23.8. The van der Waals surface area contributed by atoms with Crippen LogP contribution in [-0.2, 0) is 14.4 Å². The van der Waals surface area contributed by atoms with Gasteiger partial charge in [0.1, 0.15) is 16.7 Å². The van der Waals surface area contributed by atoms with Crippen LogP contribution in [0.3, 0.4) is 0 Å². The Hall–Kier alpha value is -4.06. The lowest BCUT2D eigenvalue weighted by atomic mass is 9.82. The first-order chi connectivity index (χ1) is 19.7. The molecule has 2 aliphatic rings. The van der Waals surface area contributed by atoms with E-state index < -0.39 is 23.0 Å². The summed E-state index contributed by atoms with van der Waals surface area (Å²) < 4.78 is 5.94. The Labute approximate surface area is 247 Å². The number of benzene rings is 3. The fourth-order valence-electron chi connectivity index (χ4n) is 5.08. The van der Waals surface area contributed by atoms with Crippen LogP contribution < -0.4 is 19.8 Å². The molecule has 0 bridgehead atoms. The van der Waals surface area contributed by atoms with E-state index in [4.69, 9.17) is 16.3 Å². The van der Waals surface area contributed by atoms with E-state index in [1.165, 1.54) is 28.8 Å². The summed E-state index contributed by atoms with van der Waals surface area (Å²) in [6, 6.07) is 18.0. The highest BCUT2D eigenvalue weighted by molar-refractivity contribution is 8.00. The number of H-pyrrole nitrogens is 1. The number of rotatable bonds is 6. The molecule has 1 saturated heterocycles. The summed E-state index contributed by atoms with van der Waals surface area (Å²) in [5.41, 5.74) is 2.44. The van der Waals surface area contributed by atoms with Crippen LogP contribution in [0, 0.1) is 12.8 Å². The smallest absolute Gasteiger partial charge is 0.305 e. The van der Waals surface area contributed by atoms with Gasteiger partial charge < -0.3 is 20.1 Å². The first kappa shape index (κ1) is 27.1. The highest BCUT2D eigenvalue weighted by atomic mass is 35.5. The number of hydrogen-bond donors (Lipinski definition) is 3. The van der Waals surface area contributed by atoms with E-state index in [0.29, 0.717) is 37.6 Å². The summed E-state index contributed by atoms with van der Waals surface area (Å²) in [6.07, 6.45) is 0. The molecule has 0 radical (unpaired) electrons. The number of aryl methyl sites for hydroxylation is 1. The van der Waals surface area contributed by atoms with Crippen LogP contribution in [0.25, 0.3) is 0 Å². The highest BCUT2D eigenvalue weighted by Crippen LogP contribution is 2.54. The maximum Gasteiger partial charge on any atom is 0.305 e. The molecule has 1 fully saturated rings. The second kappa shape index (κ2) is 10.7. The van der Waals surface area contributed by atoms with Crippen LogP contribution in [0.5, 0.6) is 11.5 Å². The van der Waals surface area contributed by atoms with Crippen molar-refractivity contribution in [3.05, 3.63) is 97.4 Å². The number of aromatic amines is 1. The molecule has 0 spiro atoms. The number of aromatic nitrogens is 1. The number of imide groups is 1. The summed E-state index contributed by atoms with van der Waals surface area (Å²) in [7, 11) is 0. The predicted molar refractivity (Wildman–Crippen MR) is 157 cm³/mol. The van der Waals surface area contributed by atoms with Crippen molar-refractivity contribution in [2.24, 2.45) is 5.92 Å². The molecular weight excluding hydrogens is 586 g/mol. The van der Waals surface area contributed by atoms with Gasteiger partial charge in [-0.15, -0.1) is 0 Å². The van der Waals surface area contributed by atoms with Crippen LogP contribution in [0.2, 0.25) is 5.02 Å². The van der Waals surface area contributed by atoms with Gasteiger partial charge in [0.05, 0.1) is 16.6 Å². The first-order valence-electron chi connectivity index (χ1n) is 12.5. The standard InChI is InChI=1S/C29H22ClN3O6S2/c1-14-2-7-17(8-3-14)33-27(36)23-22(24-26(32-29(38)41-24)40-25(23)28(33)37)19-12-15(30)4-11-20(19)39-13-21(35)31-16-5-9-18(34)10-6-16/h2-12,22-23,25,34H,13H2,1H3,(H,31,35)(H,32,38)/t22-,23?,25?/m1/s1. The van der Waals surface area contributed by atoms with E-state index in [9.17, 15) is 24.3 Å². The number of aromatic hydroxyl groups is 1. The second-order valence-electron chi connectivity index (χ2n) is 9.66. The third-order valence-corrected chi connectivity index (χ3v) is 9.57. The second-order valence-corrected chi connectivity index (χ2v) is 12.3. The van der Waals surface area contributed by atoms with Crippen molar-refractivity contribution in [2.45, 2.75) is 23.1 Å². The van der Waals surface area contributed by atoms with E-state index in [0.717, 1.165) is 16.9 Å². The number of phenolic OH excluding ortho intramolecular Hbond substituents is 1. The first-order valence-corrected chi connectivity index (χ1v) is 14.6. The summed E-state index contributed by atoms with van der Waals surface area (Å²) in [5, 5.41) is 12.3. The maximum atomic E-state index is 14.0. The summed E-state index contributed by atoms with van der Waals surface area (Å²) >= 11 is 8.56. The van der Waals surface area contributed by atoms with Crippen LogP contribution in [0.4, 0.5) is 11.4 Å². The molecule has 6 rings (SSSR count). The number of thiazole rings is 1. The van der Waals surface area contributed by atoms with Gasteiger partial charge in [-0.25, -0.2) is 4.90 Å². The molecule has 208 valence electrons. The fraction of sp³-hybridized carbons (Fsp3) is 0.172. The molecule has 2 aliphatic heterocycles. The number of carbonyl (C=O) groups excluding carboxylic acids is 3. The Kier molecular flexibility index (Phi) is 7.10. The van der Waals surface area contributed by atoms with E-state index in [1.54, 1.807) is 42.5 Å². The van der Waals surface area contributed by atoms with Crippen LogP contribution in [0.1, 0.15) is 21.9 Å². The number of hydrogen-bond acceptors (Lipinski definition) is 8. The zero-order chi connectivity index (χ0) is 28.8. The summed E-state index contributed by atoms with van der Waals surface area (Å²) in [6.45, 7) is 1.56. The quantitative estimate of drug-likeness (QED) is 0.210. The molecular formula is C29H22ClN3O6S2. The molecule has 9 nitrogen and oxygen atoms in total. The van der Waals surface area contributed by atoms with Crippen LogP contribution >= 0.6 is 34.7 Å². The van der Waals surface area contributed by atoms with Crippen molar-refractivity contribution in [1.29, 1.82) is 0 Å². The number of nitrogens with one attached hydrogen (secondary N) is 2. The van der Waals surface area contributed by atoms with E-state index in [-0.39, 0.29) is 29.0 Å². The predicted octanol–water partition coefficient (Wildman–Crippen LogP) is 4.92. The summed E-state index contributed by atoms with van der Waals surface area (Å²) in [4.78, 5) is 57.0. The molecule has 2 unspecified atom stereocenters. The Morgan fingerprint density at radius 1 is 1.05 bits per heavy atom. The number of amides is 3. The number of nitrogens with zero attached hydrogens (tertiary/aromatic N) is 1. The molecule has 4 aromatic rings. The van der Waals surface area contributed by atoms with E-state index in [1.807, 2.05) is 19.1 Å². The Balaban J connectivity index is 1.36. The van der Waals surface area contributed by atoms with Gasteiger partial charge in [0.25, 0.3) is 5.91 Å². The van der Waals surface area contributed by atoms with Crippen molar-refractivity contribution >= 4 is 63.8 Å². The van der Waals surface area contributed by atoms with Crippen molar-refractivity contribution in [3.63, 3.8) is 0 Å². The number of fused-ring (bicyclic) bond motifs is 2. The SMILES string of the molecule is Cc1ccc(N2C(=O)C3Sc4[nH]c(=O)sc4[C@H](c4cc(Cl)ccc4OCC(=O)Nc4ccc(O)cc4)C3C2=O)cc1. The molecule has 0 aliphatic carbocycles. The maximum absolute atomic E-state index is 14.0. The average Bonchev–Trinajstić information content (AvgIpc) is 3.44. The number of ether oxygens (including phenoxy) is 1. The molecule has 3 N–H and O–H groups in total. The van der Waals surface area contributed by atoms with Gasteiger partial charge in [-0.1, -0.05) is 52.4 Å². The Bertz CT molecular complexity index is 1730. The van der Waals surface area contributed by atoms with Crippen molar-refractivity contribution in [3.8, 4) is 11.5 Å². The normalized spacial score (nSPS) is 19.6. The number of anilines is 2. The minimum Gasteiger partial charge on any atom is -0.508 e. The van der Waals surface area contributed by atoms with Gasteiger partial charge >= 0.3 is 4.87 Å². The molecule has 0 saturated carbocycles. The van der Waals surface area contributed by atoms with Gasteiger partial charge in [0, 0.05) is 27.1 Å². The van der Waals surface area contributed by atoms with Gasteiger partial charge in [-0.2, -0.15) is 0 Å². The molecule has 1 aromatic heterocycles. The Morgan fingerprint density at radius 2 is 1.78 bits per heavy atom. The number of thioether (sulfide) groups is 1. The fourth-order valence-corrected chi connectivity index (χ4v) is 7.77. The van der Waals surface area contributed by atoms with Crippen molar-refractivity contribution in [2.75, 3.05) is 16.8 Å². The van der Waals surface area contributed by atoms with E-state index >= 15 is 0 Å². The number of halogens is 1. The zero-order valence-electron chi connectivity index (χ0n) is 21.4. The number of carbonyl (C=O) groups is 3. The van der Waals surface area contributed by atoms with Gasteiger partial charge in [0.2, 0.25) is 11.8 Å². The third kappa shape index (κ3) is 5.12. The van der Waals surface area contributed by atoms with Gasteiger partial charge in [-0.3, -0.25) is 19.2 Å². The minimum atomic E-state index is -0.834. The lowest BCUT2D eigenvalue weighted by molar-refractivity contribution is -0.122. The molecule has 3 atom stereocenters. The van der Waals surface area contributed by atoms with Crippen LogP contribution in [-0.4, -0.2) is 39.7 Å². The third-order valence-electron chi connectivity index (χ3n) is 6.93. The van der Waals surface area contributed by atoms with Crippen LogP contribution in [0.15, 0.2) is 76.6 Å². The monoisotopic (exact) mass is 607 g/mol. The van der Waals surface area contributed by atoms with Gasteiger partial charge in [-0.05, 0) is 61.5 Å². The molecule has 3 amide bonds. The van der Waals surface area contributed by atoms with Gasteiger partial charge in [0.15, 0.2) is 6.61 Å². The average molecular weight is 608 g/mol. The van der Waals surface area contributed by atoms with Crippen molar-refractivity contribution in [1.82, 2.24) is 4.98 Å². The van der Waals surface area contributed by atoms with Crippen molar-refractivity contribution < 1.29 is 24.2 Å². The molecule has 12 heteroatoms. The molecule has 41 heavy (non-hydrogen) atoms. The minimum absolute atomic E-state index is 0.0707. The lowest BCUT2D eigenvalue weighted by Crippen LogP contribution is -2.32. The number of phenols is 1. The largest absolute Gasteiger partial charge is 0.508 e. The lowest BCUT2D eigenvalue weighted by Gasteiger charge is -2.31. The summed E-state index contributed by atoms with van der Waals surface area (Å²) in [5.74, 6) is -2.38. The molecule has 3 heterocycles. The topological polar surface area (TPSA) is 129 Å². The van der Waals surface area contributed by atoms with E-state index in [2.05, 4.69) is 10.3 Å². The highest BCUT2D eigenvalue weighted by Gasteiger charge is 2.56. The Morgan fingerprint density at radius 3 is 2.51 bits per heavy atom. The molecule has 3 aromatic carbocycles.